The second kappa shape index (κ2) is 7.83. The summed E-state index contributed by atoms with van der Waals surface area (Å²) in [5.74, 6) is 0.0877. The summed E-state index contributed by atoms with van der Waals surface area (Å²) < 4.78 is 0. The van der Waals surface area contributed by atoms with E-state index >= 15 is 0 Å². The van der Waals surface area contributed by atoms with Crippen molar-refractivity contribution in [3.8, 4) is 0 Å². The molecule has 1 saturated heterocycles. The zero-order chi connectivity index (χ0) is 17.9. The lowest BCUT2D eigenvalue weighted by Crippen LogP contribution is -2.44. The maximum Gasteiger partial charge on any atom is 0.251 e. The van der Waals surface area contributed by atoms with E-state index in [2.05, 4.69) is 34.3 Å². The average molecular weight is 354 g/mol. The number of carbonyl (C=O) groups excluding carboxylic acids is 1. The van der Waals surface area contributed by atoms with Crippen LogP contribution in [0.4, 0.5) is 0 Å². The number of unbranched alkanes of at least 4 members (excludes halogenated alkanes) is 1. The predicted molar refractivity (Wildman–Crippen MR) is 107 cm³/mol. The van der Waals surface area contributed by atoms with Crippen LogP contribution in [0.25, 0.3) is 10.9 Å². The quantitative estimate of drug-likeness (QED) is 0.852. The van der Waals surface area contributed by atoms with Crippen molar-refractivity contribution in [2.24, 2.45) is 0 Å². The molecule has 1 aromatic heterocycles. The number of likely N-dealkylation sites (tertiary alicyclic amines) is 1. The highest BCUT2D eigenvalue weighted by molar-refractivity contribution is 5.99. The van der Waals surface area contributed by atoms with E-state index in [-0.39, 0.29) is 5.91 Å². The molecule has 2 aliphatic rings. The molecule has 0 bridgehead atoms. The summed E-state index contributed by atoms with van der Waals surface area (Å²) in [6.45, 7) is 5.66. The number of rotatable bonds is 5. The third-order valence-corrected chi connectivity index (χ3v) is 6.11. The topological polar surface area (TPSA) is 48.1 Å². The van der Waals surface area contributed by atoms with Gasteiger partial charge in [-0.05, 0) is 75.3 Å². The summed E-state index contributed by atoms with van der Waals surface area (Å²) in [5.41, 5.74) is 4.80. The minimum absolute atomic E-state index is 0.0877. The van der Waals surface area contributed by atoms with Crippen molar-refractivity contribution in [2.75, 3.05) is 19.6 Å². The van der Waals surface area contributed by atoms with Gasteiger partial charge < -0.3 is 15.2 Å². The van der Waals surface area contributed by atoms with Gasteiger partial charge in [0.05, 0.1) is 0 Å². The third kappa shape index (κ3) is 3.66. The number of H-pyrrole nitrogens is 1. The van der Waals surface area contributed by atoms with Crippen LogP contribution in [0.1, 0.15) is 67.1 Å². The van der Waals surface area contributed by atoms with Gasteiger partial charge in [-0.1, -0.05) is 13.3 Å². The molecule has 4 rings (SSSR count). The SMILES string of the molecule is CCCCN1CCC(NC(=O)c2ccc3[nH]c4c(c3c2)CCCC4)CC1. The molecule has 2 aromatic rings. The van der Waals surface area contributed by atoms with Crippen LogP contribution in [0.5, 0.6) is 0 Å². The molecular formula is C22H31N3O. The molecule has 0 atom stereocenters. The molecule has 1 aliphatic carbocycles. The van der Waals surface area contributed by atoms with Crippen molar-refractivity contribution >= 4 is 16.8 Å². The van der Waals surface area contributed by atoms with Gasteiger partial charge in [0, 0.05) is 41.3 Å². The number of hydrogen-bond acceptors (Lipinski definition) is 2. The zero-order valence-electron chi connectivity index (χ0n) is 15.9. The number of piperidine rings is 1. The number of aromatic nitrogens is 1. The largest absolute Gasteiger partial charge is 0.358 e. The van der Waals surface area contributed by atoms with Crippen molar-refractivity contribution in [3.05, 3.63) is 35.0 Å². The van der Waals surface area contributed by atoms with Gasteiger partial charge in [0.2, 0.25) is 0 Å². The van der Waals surface area contributed by atoms with Crippen LogP contribution in [0.2, 0.25) is 0 Å². The minimum atomic E-state index is 0.0877. The van der Waals surface area contributed by atoms with Crippen molar-refractivity contribution in [1.82, 2.24) is 15.2 Å². The minimum Gasteiger partial charge on any atom is -0.358 e. The standard InChI is InChI=1S/C22H31N3O/c1-2-3-12-25-13-10-17(11-14-25)23-22(26)16-8-9-21-19(15-16)18-6-4-5-7-20(18)24-21/h8-9,15,17,24H,2-7,10-14H2,1H3,(H,23,26). The Morgan fingerprint density at radius 3 is 2.85 bits per heavy atom. The fraction of sp³-hybridized carbons (Fsp3) is 0.591. The van der Waals surface area contributed by atoms with Crippen LogP contribution in [-0.2, 0) is 12.8 Å². The molecule has 1 fully saturated rings. The smallest absolute Gasteiger partial charge is 0.251 e. The number of hydrogen-bond donors (Lipinski definition) is 2. The number of fused-ring (bicyclic) bond motifs is 3. The van der Waals surface area contributed by atoms with Gasteiger partial charge in [-0.3, -0.25) is 4.79 Å². The van der Waals surface area contributed by atoms with Crippen molar-refractivity contribution in [2.45, 2.75) is 64.3 Å². The van der Waals surface area contributed by atoms with Gasteiger partial charge in [0.15, 0.2) is 0 Å². The Balaban J connectivity index is 1.41. The van der Waals surface area contributed by atoms with Crippen molar-refractivity contribution < 1.29 is 4.79 Å². The lowest BCUT2D eigenvalue weighted by atomic mass is 9.95. The first-order valence-electron chi connectivity index (χ1n) is 10.4. The van der Waals surface area contributed by atoms with Crippen LogP contribution in [0, 0.1) is 0 Å². The molecule has 4 nitrogen and oxygen atoms in total. The van der Waals surface area contributed by atoms with Gasteiger partial charge in [-0.2, -0.15) is 0 Å². The molecule has 2 N–H and O–H groups in total. The molecule has 0 saturated carbocycles. The number of aromatic amines is 1. The molecule has 0 radical (unpaired) electrons. The lowest BCUT2D eigenvalue weighted by Gasteiger charge is -2.32. The Hall–Kier alpha value is -1.81. The highest BCUT2D eigenvalue weighted by Crippen LogP contribution is 2.29. The van der Waals surface area contributed by atoms with Gasteiger partial charge in [-0.25, -0.2) is 0 Å². The van der Waals surface area contributed by atoms with E-state index in [1.807, 2.05) is 6.07 Å². The number of aryl methyl sites for hydroxylation is 2. The van der Waals surface area contributed by atoms with E-state index in [9.17, 15) is 4.79 Å². The summed E-state index contributed by atoms with van der Waals surface area (Å²) >= 11 is 0. The molecule has 140 valence electrons. The zero-order valence-corrected chi connectivity index (χ0v) is 15.9. The van der Waals surface area contributed by atoms with Gasteiger partial charge >= 0.3 is 0 Å². The molecular weight excluding hydrogens is 322 g/mol. The van der Waals surface area contributed by atoms with Crippen LogP contribution in [0.15, 0.2) is 18.2 Å². The average Bonchev–Trinajstić information content (AvgIpc) is 3.05. The Bertz CT molecular complexity index is 771. The molecule has 1 aromatic carbocycles. The first-order valence-corrected chi connectivity index (χ1v) is 10.4. The van der Waals surface area contributed by atoms with Crippen LogP contribution in [0.3, 0.4) is 0 Å². The Morgan fingerprint density at radius 2 is 2.04 bits per heavy atom. The van der Waals surface area contributed by atoms with Gasteiger partial charge in [-0.15, -0.1) is 0 Å². The summed E-state index contributed by atoms with van der Waals surface area (Å²) in [6, 6.07) is 6.46. The van der Waals surface area contributed by atoms with Gasteiger partial charge in [0.25, 0.3) is 5.91 Å². The van der Waals surface area contributed by atoms with Gasteiger partial charge in [0.1, 0.15) is 0 Å². The Kier molecular flexibility index (Phi) is 5.30. The van der Waals surface area contributed by atoms with E-state index < -0.39 is 0 Å². The van der Waals surface area contributed by atoms with Crippen LogP contribution < -0.4 is 5.32 Å². The number of carbonyl (C=O) groups is 1. The molecule has 0 spiro atoms. The summed E-state index contributed by atoms with van der Waals surface area (Å²) in [6.07, 6.45) is 9.46. The number of nitrogens with one attached hydrogen (secondary N) is 2. The van der Waals surface area contributed by atoms with E-state index in [4.69, 9.17) is 0 Å². The summed E-state index contributed by atoms with van der Waals surface area (Å²) in [7, 11) is 0. The maximum absolute atomic E-state index is 12.8. The van der Waals surface area contributed by atoms with E-state index in [1.54, 1.807) is 0 Å². The number of nitrogens with zero attached hydrogens (tertiary/aromatic N) is 1. The Morgan fingerprint density at radius 1 is 1.23 bits per heavy atom. The number of benzene rings is 1. The fourth-order valence-corrected chi connectivity index (χ4v) is 4.50. The maximum atomic E-state index is 12.8. The lowest BCUT2D eigenvalue weighted by molar-refractivity contribution is 0.0911. The normalized spacial score (nSPS) is 18.8. The predicted octanol–water partition coefficient (Wildman–Crippen LogP) is 4.04. The Labute approximate surface area is 156 Å². The van der Waals surface area contributed by atoms with E-state index in [0.29, 0.717) is 6.04 Å². The first kappa shape index (κ1) is 17.6. The molecule has 1 aliphatic heterocycles. The highest BCUT2D eigenvalue weighted by Gasteiger charge is 2.22. The van der Waals surface area contributed by atoms with Crippen LogP contribution >= 0.6 is 0 Å². The molecule has 26 heavy (non-hydrogen) atoms. The third-order valence-electron chi connectivity index (χ3n) is 6.11. The monoisotopic (exact) mass is 353 g/mol. The highest BCUT2D eigenvalue weighted by atomic mass is 16.1. The van der Waals surface area contributed by atoms with Crippen molar-refractivity contribution in [1.29, 1.82) is 0 Å². The molecule has 1 amide bonds. The molecule has 0 unspecified atom stereocenters. The van der Waals surface area contributed by atoms with Crippen molar-refractivity contribution in [3.63, 3.8) is 0 Å². The first-order chi connectivity index (χ1) is 12.7. The van der Waals surface area contributed by atoms with Crippen LogP contribution in [-0.4, -0.2) is 41.5 Å². The van der Waals surface area contributed by atoms with E-state index in [0.717, 1.165) is 44.3 Å². The summed E-state index contributed by atoms with van der Waals surface area (Å²) in [5, 5.41) is 4.52. The molecule has 2 heterocycles. The second-order valence-electron chi connectivity index (χ2n) is 7.99. The second-order valence-corrected chi connectivity index (χ2v) is 7.99. The summed E-state index contributed by atoms with van der Waals surface area (Å²) in [4.78, 5) is 18.8. The van der Waals surface area contributed by atoms with E-state index in [1.165, 1.54) is 54.4 Å². The molecule has 4 heteroatoms. The fourth-order valence-electron chi connectivity index (χ4n) is 4.50. The number of amides is 1.